The molecule has 1 heterocycles. The lowest BCUT2D eigenvalue weighted by molar-refractivity contribution is 0.0769. The van der Waals surface area contributed by atoms with Gasteiger partial charge in [-0.15, -0.1) is 0 Å². The number of rotatable bonds is 3. The van der Waals surface area contributed by atoms with Crippen molar-refractivity contribution in [2.45, 2.75) is 51.6 Å². The van der Waals surface area contributed by atoms with Crippen LogP contribution >= 0.6 is 0 Å². The third-order valence-corrected chi connectivity index (χ3v) is 5.41. The highest BCUT2D eigenvalue weighted by atomic mass is 15.2. The maximum atomic E-state index is 6.43. The fourth-order valence-corrected chi connectivity index (χ4v) is 4.20. The Bertz CT molecular complexity index is 267. The monoisotopic (exact) mass is 267 g/mol. The van der Waals surface area contributed by atoms with Crippen molar-refractivity contribution in [3.05, 3.63) is 0 Å². The van der Waals surface area contributed by atoms with Crippen molar-refractivity contribution in [2.24, 2.45) is 23.5 Å². The minimum absolute atomic E-state index is 0.415. The summed E-state index contributed by atoms with van der Waals surface area (Å²) in [5.74, 6) is 2.31. The Labute approximate surface area is 119 Å². The van der Waals surface area contributed by atoms with Gasteiger partial charge in [0.25, 0.3) is 0 Å². The van der Waals surface area contributed by atoms with Crippen LogP contribution in [0.4, 0.5) is 0 Å². The van der Waals surface area contributed by atoms with E-state index in [0.717, 1.165) is 17.9 Å². The fourth-order valence-electron chi connectivity index (χ4n) is 4.20. The van der Waals surface area contributed by atoms with E-state index < -0.39 is 0 Å². The van der Waals surface area contributed by atoms with Crippen molar-refractivity contribution in [2.75, 3.05) is 33.7 Å². The van der Waals surface area contributed by atoms with Gasteiger partial charge in [-0.3, -0.25) is 0 Å². The zero-order valence-corrected chi connectivity index (χ0v) is 13.3. The van der Waals surface area contributed by atoms with Gasteiger partial charge in [-0.25, -0.2) is 0 Å². The molecule has 112 valence electrons. The van der Waals surface area contributed by atoms with Gasteiger partial charge >= 0.3 is 0 Å². The van der Waals surface area contributed by atoms with Crippen LogP contribution in [-0.2, 0) is 0 Å². The molecule has 0 aromatic carbocycles. The fraction of sp³-hybridized carbons (Fsp3) is 1.00. The molecule has 1 aliphatic heterocycles. The van der Waals surface area contributed by atoms with E-state index in [0.29, 0.717) is 12.0 Å². The number of nitrogens with two attached hydrogens (primary N) is 1. The van der Waals surface area contributed by atoms with Gasteiger partial charge in [0.15, 0.2) is 0 Å². The summed E-state index contributed by atoms with van der Waals surface area (Å²) in [5, 5.41) is 0. The topological polar surface area (TPSA) is 32.5 Å². The summed E-state index contributed by atoms with van der Waals surface area (Å²) in [6.45, 7) is 8.50. The summed E-state index contributed by atoms with van der Waals surface area (Å²) in [4.78, 5) is 5.06. The van der Waals surface area contributed by atoms with E-state index in [1.165, 1.54) is 45.3 Å². The van der Waals surface area contributed by atoms with Crippen LogP contribution in [-0.4, -0.2) is 55.6 Å². The first-order valence-electron chi connectivity index (χ1n) is 8.11. The third-order valence-electron chi connectivity index (χ3n) is 5.41. The zero-order chi connectivity index (χ0) is 14.0. The summed E-state index contributed by atoms with van der Waals surface area (Å²) in [6.07, 6.45) is 5.28. The summed E-state index contributed by atoms with van der Waals surface area (Å²) in [6, 6.07) is 1.15. The molecule has 0 aromatic heterocycles. The molecular weight excluding hydrogens is 234 g/mol. The molecule has 1 saturated carbocycles. The Morgan fingerprint density at radius 1 is 1.21 bits per heavy atom. The van der Waals surface area contributed by atoms with Crippen LogP contribution in [0.5, 0.6) is 0 Å². The third kappa shape index (κ3) is 3.93. The van der Waals surface area contributed by atoms with Crippen molar-refractivity contribution < 1.29 is 0 Å². The highest BCUT2D eigenvalue weighted by Gasteiger charge is 2.34. The van der Waals surface area contributed by atoms with Crippen LogP contribution in [0.15, 0.2) is 0 Å². The van der Waals surface area contributed by atoms with Crippen molar-refractivity contribution in [3.63, 3.8) is 0 Å². The molecule has 0 bridgehead atoms. The van der Waals surface area contributed by atoms with E-state index in [4.69, 9.17) is 5.73 Å². The number of piperidine rings is 1. The Kier molecular flexibility index (Phi) is 5.27. The first kappa shape index (κ1) is 15.3. The first-order chi connectivity index (χ1) is 8.97. The zero-order valence-electron chi connectivity index (χ0n) is 13.3. The molecule has 1 aliphatic carbocycles. The second kappa shape index (κ2) is 6.55. The lowest BCUT2D eigenvalue weighted by atomic mass is 9.72. The van der Waals surface area contributed by atoms with Gasteiger partial charge in [0.2, 0.25) is 0 Å². The van der Waals surface area contributed by atoms with E-state index in [-0.39, 0.29) is 0 Å². The molecule has 2 aliphatic rings. The van der Waals surface area contributed by atoms with Crippen molar-refractivity contribution in [3.8, 4) is 0 Å². The average molecular weight is 267 g/mol. The lowest BCUT2D eigenvalue weighted by Gasteiger charge is -2.43. The smallest absolute Gasteiger partial charge is 0.0217 e. The number of nitrogens with zero attached hydrogens (tertiary/aromatic N) is 2. The Hall–Kier alpha value is -0.120. The second-order valence-electron chi connectivity index (χ2n) is 7.40. The van der Waals surface area contributed by atoms with E-state index >= 15 is 0 Å². The normalized spacial score (nSPS) is 41.7. The van der Waals surface area contributed by atoms with E-state index in [1.807, 2.05) is 0 Å². The van der Waals surface area contributed by atoms with Crippen LogP contribution in [0.25, 0.3) is 0 Å². The molecule has 0 amide bonds. The predicted molar refractivity (Wildman–Crippen MR) is 82.2 cm³/mol. The Morgan fingerprint density at radius 3 is 2.58 bits per heavy atom. The number of hydrogen-bond acceptors (Lipinski definition) is 3. The van der Waals surface area contributed by atoms with Crippen molar-refractivity contribution >= 4 is 0 Å². The Morgan fingerprint density at radius 2 is 1.95 bits per heavy atom. The molecular formula is C16H33N3. The second-order valence-corrected chi connectivity index (χ2v) is 7.40. The minimum atomic E-state index is 0.415. The molecule has 5 atom stereocenters. The molecule has 0 radical (unpaired) electrons. The summed E-state index contributed by atoms with van der Waals surface area (Å²) >= 11 is 0. The van der Waals surface area contributed by atoms with Crippen LogP contribution in [0.3, 0.4) is 0 Å². The van der Waals surface area contributed by atoms with Gasteiger partial charge in [0.05, 0.1) is 0 Å². The quantitative estimate of drug-likeness (QED) is 0.849. The maximum absolute atomic E-state index is 6.43. The predicted octanol–water partition coefficient (Wildman–Crippen LogP) is 2.02. The molecule has 2 rings (SSSR count). The average Bonchev–Trinajstić information content (AvgIpc) is 2.34. The molecule has 2 fully saturated rings. The molecule has 0 spiro atoms. The van der Waals surface area contributed by atoms with Crippen LogP contribution in [0.2, 0.25) is 0 Å². The molecule has 3 heteroatoms. The number of likely N-dealkylation sites (N-methyl/N-ethyl adjacent to an activating group) is 1. The molecule has 5 unspecified atom stereocenters. The minimum Gasteiger partial charge on any atom is -0.327 e. The Balaban J connectivity index is 1.89. The summed E-state index contributed by atoms with van der Waals surface area (Å²) < 4.78 is 0. The largest absolute Gasteiger partial charge is 0.327 e. The van der Waals surface area contributed by atoms with Crippen molar-refractivity contribution in [1.29, 1.82) is 0 Å². The van der Waals surface area contributed by atoms with E-state index in [2.05, 4.69) is 37.7 Å². The lowest BCUT2D eigenvalue weighted by Crippen LogP contribution is -2.51. The highest BCUT2D eigenvalue weighted by Crippen LogP contribution is 2.33. The molecule has 2 N–H and O–H groups in total. The van der Waals surface area contributed by atoms with Crippen LogP contribution in [0.1, 0.15) is 39.5 Å². The van der Waals surface area contributed by atoms with Gasteiger partial charge in [-0.1, -0.05) is 13.8 Å². The van der Waals surface area contributed by atoms with Gasteiger partial charge < -0.3 is 15.5 Å². The SMILES string of the molecule is CC1CC(C)C(CN2CCCC(N(C)C)C2)C(N)C1. The maximum Gasteiger partial charge on any atom is 0.0217 e. The standard InChI is InChI=1S/C16H33N3/c1-12-8-13(2)15(16(17)9-12)11-19-7-5-6-14(10-19)18(3)4/h12-16H,5-11,17H2,1-4H3. The first-order valence-corrected chi connectivity index (χ1v) is 8.11. The van der Waals surface area contributed by atoms with Crippen LogP contribution in [0, 0.1) is 17.8 Å². The summed E-state index contributed by atoms with van der Waals surface area (Å²) in [7, 11) is 4.43. The van der Waals surface area contributed by atoms with Gasteiger partial charge in [-0.2, -0.15) is 0 Å². The highest BCUT2D eigenvalue weighted by molar-refractivity contribution is 4.89. The molecule has 0 aromatic rings. The molecule has 19 heavy (non-hydrogen) atoms. The summed E-state index contributed by atoms with van der Waals surface area (Å²) in [5.41, 5.74) is 6.43. The molecule has 3 nitrogen and oxygen atoms in total. The van der Waals surface area contributed by atoms with Crippen LogP contribution < -0.4 is 5.73 Å². The van der Waals surface area contributed by atoms with Gasteiger partial charge in [0.1, 0.15) is 0 Å². The van der Waals surface area contributed by atoms with E-state index in [9.17, 15) is 0 Å². The van der Waals surface area contributed by atoms with Gasteiger partial charge in [-0.05, 0) is 64.1 Å². The number of hydrogen-bond donors (Lipinski definition) is 1. The van der Waals surface area contributed by atoms with Crippen molar-refractivity contribution in [1.82, 2.24) is 9.80 Å². The number of likely N-dealkylation sites (tertiary alicyclic amines) is 1. The molecule has 1 saturated heterocycles. The van der Waals surface area contributed by atoms with E-state index in [1.54, 1.807) is 0 Å². The van der Waals surface area contributed by atoms with Gasteiger partial charge in [0, 0.05) is 25.2 Å².